The Bertz CT molecular complexity index is 1900. The van der Waals surface area contributed by atoms with Gasteiger partial charge in [-0.25, -0.2) is 23.6 Å². The van der Waals surface area contributed by atoms with E-state index in [1.54, 1.807) is 20.0 Å². The summed E-state index contributed by atoms with van der Waals surface area (Å²) in [5, 5.41) is 19.5. The first-order chi connectivity index (χ1) is 17.8. The van der Waals surface area contributed by atoms with Gasteiger partial charge in [-0.15, -0.1) is 0 Å². The molecule has 0 fully saturated rings. The van der Waals surface area contributed by atoms with Crippen LogP contribution in [-0.2, 0) is 6.54 Å². The number of aromatic nitrogens is 7. The van der Waals surface area contributed by atoms with Crippen LogP contribution in [0.5, 0.6) is 5.75 Å². The number of aryl methyl sites for hydroxylation is 2. The number of rotatable bonds is 4. The molecule has 37 heavy (non-hydrogen) atoms. The van der Waals surface area contributed by atoms with Gasteiger partial charge >= 0.3 is 0 Å². The highest BCUT2D eigenvalue weighted by Gasteiger charge is 2.21. The lowest BCUT2D eigenvalue weighted by molar-refractivity contribution is 0.432. The maximum absolute atomic E-state index is 14.2. The molecule has 0 saturated carbocycles. The molecule has 2 aromatic carbocycles. The zero-order valence-corrected chi connectivity index (χ0v) is 19.9. The van der Waals surface area contributed by atoms with Crippen molar-refractivity contribution in [3.05, 3.63) is 94.2 Å². The van der Waals surface area contributed by atoms with Crippen LogP contribution < -0.4 is 11.3 Å². The van der Waals surface area contributed by atoms with Crippen LogP contribution in [0.1, 0.15) is 17.0 Å². The van der Waals surface area contributed by atoms with Crippen LogP contribution in [0, 0.1) is 19.7 Å². The zero-order chi connectivity index (χ0) is 25.8. The molecule has 11 heteroatoms. The largest absolute Gasteiger partial charge is 0.505 e. The fraction of sp³-hybridized carbons (Fsp3) is 0.115. The summed E-state index contributed by atoms with van der Waals surface area (Å²) in [6.45, 7) is 3.87. The number of aromatic hydroxyl groups is 1. The maximum Gasteiger partial charge on any atom is 0.282 e. The maximum atomic E-state index is 14.2. The van der Waals surface area contributed by atoms with Gasteiger partial charge in [0.15, 0.2) is 23.0 Å². The number of phenolic OH excluding ortho intramolecular Hbond substituents is 1. The third-order valence-electron chi connectivity index (χ3n) is 6.29. The highest BCUT2D eigenvalue weighted by molar-refractivity contribution is 5.98. The molecule has 0 aliphatic carbocycles. The Morgan fingerprint density at radius 1 is 1.05 bits per heavy atom. The van der Waals surface area contributed by atoms with E-state index < -0.39 is 11.6 Å². The van der Waals surface area contributed by atoms with E-state index in [0.29, 0.717) is 39.3 Å². The Morgan fingerprint density at radius 3 is 2.68 bits per heavy atom. The fourth-order valence-electron chi connectivity index (χ4n) is 4.53. The molecular weight excluding hydrogens is 475 g/mol. The SMILES string of the molecule is Cc1cccc(-n2c(Cn3nc(-c4ccc(O)c(F)c4)c4c(N)ncnc43)nn3ccc(C)c3c2=O)c1. The summed E-state index contributed by atoms with van der Waals surface area (Å²) in [5.74, 6) is -0.693. The van der Waals surface area contributed by atoms with Gasteiger partial charge < -0.3 is 10.8 Å². The molecule has 4 aromatic heterocycles. The monoisotopic (exact) mass is 496 g/mol. The van der Waals surface area contributed by atoms with Crippen molar-refractivity contribution in [3.8, 4) is 22.7 Å². The highest BCUT2D eigenvalue weighted by Crippen LogP contribution is 2.32. The standard InChI is InChI=1S/C26H21FN8O2/c1-14-4-3-5-17(10-14)35-20(31-33-9-8-15(2)23(33)26(35)37)12-34-25-21(24(28)29-13-30-25)22(32-34)16-6-7-19(36)18(27)11-16/h3-11,13,36H,12H2,1-2H3,(H2,28,29,30). The lowest BCUT2D eigenvalue weighted by Gasteiger charge is -2.14. The van der Waals surface area contributed by atoms with Crippen LogP contribution in [-0.4, -0.2) is 39.0 Å². The molecule has 0 atom stereocenters. The predicted octanol–water partition coefficient (Wildman–Crippen LogP) is 3.38. The Balaban J connectivity index is 1.60. The van der Waals surface area contributed by atoms with Crippen LogP contribution in [0.25, 0.3) is 33.5 Å². The Morgan fingerprint density at radius 2 is 1.89 bits per heavy atom. The molecule has 184 valence electrons. The van der Waals surface area contributed by atoms with Crippen LogP contribution in [0.3, 0.4) is 0 Å². The molecular formula is C26H21FN8O2. The van der Waals surface area contributed by atoms with Gasteiger partial charge in [-0.05, 0) is 61.4 Å². The van der Waals surface area contributed by atoms with E-state index in [1.165, 1.54) is 24.5 Å². The van der Waals surface area contributed by atoms with Gasteiger partial charge in [0.05, 0.1) is 11.1 Å². The summed E-state index contributed by atoms with van der Waals surface area (Å²) in [6, 6.07) is 13.4. The normalized spacial score (nSPS) is 11.5. The van der Waals surface area contributed by atoms with Crippen molar-refractivity contribution in [1.29, 1.82) is 0 Å². The lowest BCUT2D eigenvalue weighted by Crippen LogP contribution is -2.28. The van der Waals surface area contributed by atoms with Gasteiger partial charge in [0, 0.05) is 11.8 Å². The molecule has 6 aromatic rings. The molecule has 0 aliphatic rings. The van der Waals surface area contributed by atoms with E-state index in [4.69, 9.17) is 10.8 Å². The third-order valence-corrected chi connectivity index (χ3v) is 6.29. The minimum Gasteiger partial charge on any atom is -0.505 e. The molecule has 0 radical (unpaired) electrons. The summed E-state index contributed by atoms with van der Waals surface area (Å²) >= 11 is 0. The molecule has 0 spiro atoms. The summed E-state index contributed by atoms with van der Waals surface area (Å²) < 4.78 is 18.9. The number of nitrogen functional groups attached to an aromatic ring is 1. The van der Waals surface area contributed by atoms with Gasteiger partial charge in [-0.2, -0.15) is 10.2 Å². The molecule has 4 heterocycles. The van der Waals surface area contributed by atoms with Gasteiger partial charge in [0.1, 0.15) is 29.9 Å². The van der Waals surface area contributed by atoms with Crippen molar-refractivity contribution in [3.63, 3.8) is 0 Å². The van der Waals surface area contributed by atoms with Gasteiger partial charge in [0.25, 0.3) is 5.56 Å². The first-order valence-electron chi connectivity index (χ1n) is 11.4. The zero-order valence-electron chi connectivity index (χ0n) is 19.9. The van der Waals surface area contributed by atoms with E-state index in [1.807, 2.05) is 44.2 Å². The van der Waals surface area contributed by atoms with E-state index in [0.717, 1.165) is 11.1 Å². The number of hydrogen-bond acceptors (Lipinski definition) is 7. The molecule has 0 amide bonds. The quantitative estimate of drug-likeness (QED) is 0.383. The average molecular weight is 497 g/mol. The lowest BCUT2D eigenvalue weighted by atomic mass is 10.1. The Hall–Kier alpha value is -5.06. The van der Waals surface area contributed by atoms with Crippen molar-refractivity contribution in [2.24, 2.45) is 0 Å². The first-order valence-corrected chi connectivity index (χ1v) is 11.4. The number of anilines is 1. The summed E-state index contributed by atoms with van der Waals surface area (Å²) in [5.41, 5.74) is 10.0. The molecule has 0 bridgehead atoms. The minimum atomic E-state index is -0.793. The van der Waals surface area contributed by atoms with Gasteiger partial charge in [-0.3, -0.25) is 9.36 Å². The number of phenols is 1. The number of nitrogens with zero attached hydrogens (tertiary/aromatic N) is 7. The summed E-state index contributed by atoms with van der Waals surface area (Å²) in [7, 11) is 0. The molecule has 0 saturated heterocycles. The van der Waals surface area contributed by atoms with Crippen LogP contribution in [0.4, 0.5) is 10.2 Å². The van der Waals surface area contributed by atoms with Crippen LogP contribution >= 0.6 is 0 Å². The molecule has 6 rings (SSSR count). The van der Waals surface area contributed by atoms with Gasteiger partial charge in [-0.1, -0.05) is 12.1 Å². The Kier molecular flexibility index (Phi) is 5.00. The smallest absolute Gasteiger partial charge is 0.282 e. The second kappa shape index (κ2) is 8.26. The number of hydrogen-bond donors (Lipinski definition) is 2. The second-order valence-corrected chi connectivity index (χ2v) is 8.82. The molecule has 10 nitrogen and oxygen atoms in total. The van der Waals surface area contributed by atoms with E-state index in [-0.39, 0.29) is 17.9 Å². The van der Waals surface area contributed by atoms with Crippen molar-refractivity contribution in [2.75, 3.05) is 5.73 Å². The number of nitrogens with two attached hydrogens (primary N) is 1. The van der Waals surface area contributed by atoms with E-state index in [9.17, 15) is 14.3 Å². The van der Waals surface area contributed by atoms with Crippen molar-refractivity contribution >= 4 is 22.4 Å². The second-order valence-electron chi connectivity index (χ2n) is 8.82. The predicted molar refractivity (Wildman–Crippen MR) is 136 cm³/mol. The van der Waals surface area contributed by atoms with E-state index in [2.05, 4.69) is 15.1 Å². The third kappa shape index (κ3) is 3.59. The van der Waals surface area contributed by atoms with Crippen LogP contribution in [0.2, 0.25) is 0 Å². The van der Waals surface area contributed by atoms with Gasteiger partial charge in [0.2, 0.25) is 0 Å². The van der Waals surface area contributed by atoms with Crippen molar-refractivity contribution in [2.45, 2.75) is 20.4 Å². The topological polar surface area (TPSA) is 129 Å². The number of fused-ring (bicyclic) bond motifs is 2. The summed E-state index contributed by atoms with van der Waals surface area (Å²) in [4.78, 5) is 22.2. The molecule has 0 unspecified atom stereocenters. The molecule has 0 aliphatic heterocycles. The van der Waals surface area contributed by atoms with E-state index >= 15 is 0 Å². The average Bonchev–Trinajstić information content (AvgIpc) is 3.42. The van der Waals surface area contributed by atoms with Crippen molar-refractivity contribution < 1.29 is 9.50 Å². The summed E-state index contributed by atoms with van der Waals surface area (Å²) in [6.07, 6.45) is 3.05. The molecule has 3 N–H and O–H groups in total. The highest BCUT2D eigenvalue weighted by atomic mass is 19.1. The Labute approximate surface area is 209 Å². The number of benzene rings is 2. The van der Waals surface area contributed by atoms with Crippen molar-refractivity contribution in [1.82, 2.24) is 33.9 Å². The van der Waals surface area contributed by atoms with Crippen LogP contribution in [0.15, 0.2) is 65.8 Å². The first kappa shape index (κ1) is 22.4. The fourth-order valence-corrected chi connectivity index (χ4v) is 4.53. The minimum absolute atomic E-state index is 0.0594. The number of halogens is 1.